The van der Waals surface area contributed by atoms with E-state index in [1.54, 1.807) is 4.68 Å². The number of nitrogens with zero attached hydrogens (tertiary/aromatic N) is 4. The third-order valence-electron chi connectivity index (χ3n) is 2.77. The lowest BCUT2D eigenvalue weighted by atomic mass is 10.2. The predicted octanol–water partition coefficient (Wildman–Crippen LogP) is 1.29. The number of hydrogen-bond acceptors (Lipinski definition) is 5. The maximum Gasteiger partial charge on any atom is 0.165 e. The smallest absolute Gasteiger partial charge is 0.165 e. The van der Waals surface area contributed by atoms with Crippen LogP contribution in [0.25, 0.3) is 11.4 Å². The summed E-state index contributed by atoms with van der Waals surface area (Å²) in [6.07, 6.45) is 3.63. The zero-order chi connectivity index (χ0) is 13.1. The molecule has 0 aromatic carbocycles. The highest BCUT2D eigenvalue weighted by atomic mass is 15.3. The van der Waals surface area contributed by atoms with Crippen molar-refractivity contribution in [3.05, 3.63) is 23.7 Å². The van der Waals surface area contributed by atoms with Gasteiger partial charge < -0.3 is 5.43 Å². The number of nitrogens with two attached hydrogens (primary N) is 1. The maximum atomic E-state index is 5.44. The van der Waals surface area contributed by atoms with Crippen molar-refractivity contribution in [3.63, 3.8) is 0 Å². The molecule has 96 valence electrons. The van der Waals surface area contributed by atoms with Crippen molar-refractivity contribution in [1.82, 2.24) is 19.7 Å². The Kier molecular flexibility index (Phi) is 3.57. The Morgan fingerprint density at radius 2 is 2.06 bits per heavy atom. The second-order valence-electron chi connectivity index (χ2n) is 4.08. The van der Waals surface area contributed by atoms with Crippen LogP contribution in [0.5, 0.6) is 0 Å². The highest BCUT2D eigenvalue weighted by Crippen LogP contribution is 2.21. The van der Waals surface area contributed by atoms with Gasteiger partial charge in [-0.25, -0.2) is 15.8 Å². The molecule has 0 radical (unpaired) electrons. The third kappa shape index (κ3) is 2.33. The summed E-state index contributed by atoms with van der Waals surface area (Å²) in [4.78, 5) is 8.92. The first-order valence-electron chi connectivity index (χ1n) is 6.05. The van der Waals surface area contributed by atoms with Gasteiger partial charge in [-0.2, -0.15) is 5.10 Å². The quantitative estimate of drug-likeness (QED) is 0.627. The average Bonchev–Trinajstić information content (AvgIpc) is 2.79. The van der Waals surface area contributed by atoms with Gasteiger partial charge in [-0.1, -0.05) is 13.8 Å². The number of hydrogen-bond donors (Lipinski definition) is 2. The van der Waals surface area contributed by atoms with Crippen molar-refractivity contribution in [2.45, 2.75) is 26.7 Å². The van der Waals surface area contributed by atoms with Crippen molar-refractivity contribution in [2.24, 2.45) is 12.9 Å². The Balaban J connectivity index is 2.54. The molecule has 0 unspecified atom stereocenters. The molecular formula is C12H18N6. The largest absolute Gasteiger partial charge is 0.308 e. The molecule has 0 saturated heterocycles. The molecule has 3 N–H and O–H groups in total. The van der Waals surface area contributed by atoms with Crippen molar-refractivity contribution in [3.8, 4) is 11.4 Å². The first-order valence-corrected chi connectivity index (χ1v) is 6.05. The van der Waals surface area contributed by atoms with Crippen LogP contribution in [0.1, 0.15) is 25.2 Å². The zero-order valence-corrected chi connectivity index (χ0v) is 10.9. The van der Waals surface area contributed by atoms with E-state index in [0.717, 1.165) is 29.8 Å². The summed E-state index contributed by atoms with van der Waals surface area (Å²) in [7, 11) is 1.90. The van der Waals surface area contributed by atoms with Crippen LogP contribution in [0, 0.1) is 0 Å². The highest BCUT2D eigenvalue weighted by Gasteiger charge is 2.12. The van der Waals surface area contributed by atoms with E-state index in [0.29, 0.717) is 11.6 Å². The Bertz CT molecular complexity index is 523. The van der Waals surface area contributed by atoms with Gasteiger partial charge in [0.2, 0.25) is 0 Å². The molecule has 2 heterocycles. The molecule has 0 aliphatic heterocycles. The average molecular weight is 246 g/mol. The lowest BCUT2D eigenvalue weighted by Crippen LogP contribution is -2.10. The maximum absolute atomic E-state index is 5.44. The van der Waals surface area contributed by atoms with Crippen molar-refractivity contribution in [1.29, 1.82) is 0 Å². The molecule has 2 aromatic heterocycles. The van der Waals surface area contributed by atoms with Crippen LogP contribution in [0.3, 0.4) is 0 Å². The minimum Gasteiger partial charge on any atom is -0.308 e. The van der Waals surface area contributed by atoms with Crippen LogP contribution in [0.15, 0.2) is 12.3 Å². The number of nitrogen functional groups attached to an aromatic ring is 1. The summed E-state index contributed by atoms with van der Waals surface area (Å²) in [5.41, 5.74) is 5.49. The van der Waals surface area contributed by atoms with Crippen molar-refractivity contribution in [2.75, 3.05) is 5.43 Å². The summed E-state index contributed by atoms with van der Waals surface area (Å²) in [5.74, 6) is 6.74. The number of hydrazine groups is 1. The van der Waals surface area contributed by atoms with E-state index in [1.807, 2.05) is 19.3 Å². The van der Waals surface area contributed by atoms with Gasteiger partial charge in [-0.3, -0.25) is 4.68 Å². The molecule has 0 atom stereocenters. The molecule has 0 fully saturated rings. The van der Waals surface area contributed by atoms with E-state index in [9.17, 15) is 0 Å². The SMILES string of the molecule is CCc1cc(NN)nc(-c2cn(C)nc2CC)n1. The number of aryl methyl sites for hydroxylation is 3. The topological polar surface area (TPSA) is 81.6 Å². The molecule has 0 amide bonds. The summed E-state index contributed by atoms with van der Waals surface area (Å²) < 4.78 is 1.78. The van der Waals surface area contributed by atoms with Crippen LogP contribution in [-0.4, -0.2) is 19.7 Å². The molecule has 18 heavy (non-hydrogen) atoms. The lowest BCUT2D eigenvalue weighted by Gasteiger charge is -2.06. The van der Waals surface area contributed by atoms with Crippen LogP contribution < -0.4 is 11.3 Å². The van der Waals surface area contributed by atoms with Crippen LogP contribution in [0.4, 0.5) is 5.82 Å². The van der Waals surface area contributed by atoms with E-state index < -0.39 is 0 Å². The van der Waals surface area contributed by atoms with Crippen molar-refractivity contribution >= 4 is 5.82 Å². The molecule has 0 bridgehead atoms. The van der Waals surface area contributed by atoms with Gasteiger partial charge >= 0.3 is 0 Å². The molecule has 0 aliphatic rings. The van der Waals surface area contributed by atoms with E-state index in [-0.39, 0.29) is 0 Å². The summed E-state index contributed by atoms with van der Waals surface area (Å²) >= 11 is 0. The molecular weight excluding hydrogens is 228 g/mol. The molecule has 0 spiro atoms. The lowest BCUT2D eigenvalue weighted by molar-refractivity contribution is 0.746. The van der Waals surface area contributed by atoms with E-state index in [4.69, 9.17) is 5.84 Å². The molecule has 0 aliphatic carbocycles. The van der Waals surface area contributed by atoms with Crippen LogP contribution in [0.2, 0.25) is 0 Å². The fourth-order valence-corrected chi connectivity index (χ4v) is 1.86. The van der Waals surface area contributed by atoms with Gasteiger partial charge in [0.25, 0.3) is 0 Å². The standard InChI is InChI=1S/C12H18N6/c1-4-8-6-11(16-13)15-12(14-8)9-7-18(3)17-10(9)5-2/h6-7H,4-5,13H2,1-3H3,(H,14,15,16). The fraction of sp³-hybridized carbons (Fsp3) is 0.417. The number of anilines is 1. The second-order valence-corrected chi connectivity index (χ2v) is 4.08. The van der Waals surface area contributed by atoms with Crippen LogP contribution in [-0.2, 0) is 19.9 Å². The van der Waals surface area contributed by atoms with Gasteiger partial charge in [0.1, 0.15) is 5.82 Å². The number of rotatable bonds is 4. The Morgan fingerprint density at radius 1 is 1.28 bits per heavy atom. The third-order valence-corrected chi connectivity index (χ3v) is 2.77. The fourth-order valence-electron chi connectivity index (χ4n) is 1.86. The van der Waals surface area contributed by atoms with Gasteiger partial charge in [0, 0.05) is 25.0 Å². The highest BCUT2D eigenvalue weighted by molar-refractivity contribution is 5.59. The normalized spacial score (nSPS) is 10.7. The van der Waals surface area contributed by atoms with Gasteiger partial charge in [0.15, 0.2) is 5.82 Å². The Labute approximate surface area is 106 Å². The van der Waals surface area contributed by atoms with E-state index in [2.05, 4.69) is 34.3 Å². The molecule has 6 nitrogen and oxygen atoms in total. The predicted molar refractivity (Wildman–Crippen MR) is 70.8 cm³/mol. The monoisotopic (exact) mass is 246 g/mol. The summed E-state index contributed by atoms with van der Waals surface area (Å²) in [6, 6.07) is 1.85. The minimum atomic E-state index is 0.628. The first kappa shape index (κ1) is 12.5. The van der Waals surface area contributed by atoms with Gasteiger partial charge in [-0.05, 0) is 12.8 Å². The summed E-state index contributed by atoms with van der Waals surface area (Å²) in [5, 5.41) is 4.40. The number of nitrogens with one attached hydrogen (secondary N) is 1. The van der Waals surface area contributed by atoms with E-state index >= 15 is 0 Å². The molecule has 2 rings (SSSR count). The Morgan fingerprint density at radius 3 is 2.67 bits per heavy atom. The molecule has 6 heteroatoms. The molecule has 2 aromatic rings. The zero-order valence-electron chi connectivity index (χ0n) is 10.9. The Hall–Kier alpha value is -1.95. The van der Waals surface area contributed by atoms with E-state index in [1.165, 1.54) is 0 Å². The van der Waals surface area contributed by atoms with Gasteiger partial charge in [0.05, 0.1) is 11.3 Å². The van der Waals surface area contributed by atoms with Gasteiger partial charge in [-0.15, -0.1) is 0 Å². The first-order chi connectivity index (χ1) is 8.67. The minimum absolute atomic E-state index is 0.628. The second kappa shape index (κ2) is 5.14. The van der Waals surface area contributed by atoms with Crippen molar-refractivity contribution < 1.29 is 0 Å². The summed E-state index contributed by atoms with van der Waals surface area (Å²) in [6.45, 7) is 4.12. The number of aromatic nitrogens is 4. The molecule has 0 saturated carbocycles. The van der Waals surface area contributed by atoms with Crippen LogP contribution >= 0.6 is 0 Å².